The highest BCUT2D eigenvalue weighted by molar-refractivity contribution is 6.05. The molecule has 51 heavy (non-hydrogen) atoms. The number of amides is 3. The summed E-state index contributed by atoms with van der Waals surface area (Å²) in [5, 5.41) is 10.6. The van der Waals surface area contributed by atoms with Gasteiger partial charge in [-0.1, -0.05) is 56.3 Å². The third kappa shape index (κ3) is 6.93. The van der Waals surface area contributed by atoms with E-state index in [9.17, 15) is 24.3 Å². The number of ether oxygens (including phenoxy) is 3. The van der Waals surface area contributed by atoms with E-state index in [0.29, 0.717) is 36.3 Å². The second kappa shape index (κ2) is 15.8. The number of anilines is 1. The summed E-state index contributed by atoms with van der Waals surface area (Å²) in [6.45, 7) is 13.0. The van der Waals surface area contributed by atoms with Gasteiger partial charge in [-0.05, 0) is 61.9 Å². The normalized spacial score (nSPS) is 25.2. The van der Waals surface area contributed by atoms with Crippen LogP contribution in [0.3, 0.4) is 0 Å². The fraction of sp³-hybridized carbons (Fsp3) is 0.500. The van der Waals surface area contributed by atoms with Gasteiger partial charge in [-0.2, -0.15) is 0 Å². The van der Waals surface area contributed by atoms with Crippen molar-refractivity contribution in [2.24, 2.45) is 17.8 Å². The highest BCUT2D eigenvalue weighted by Crippen LogP contribution is 2.59. The molecule has 2 aromatic carbocycles. The van der Waals surface area contributed by atoms with E-state index in [1.807, 2.05) is 51.1 Å². The van der Waals surface area contributed by atoms with Crippen LogP contribution in [-0.2, 0) is 28.7 Å². The Kier molecular flexibility index (Phi) is 11.7. The molecule has 3 aliphatic heterocycles. The number of benzene rings is 2. The molecule has 3 amide bonds. The molecular formula is C40H51N3O8. The molecule has 3 saturated heterocycles. The molecule has 3 aliphatic rings. The summed E-state index contributed by atoms with van der Waals surface area (Å²) < 4.78 is 18.3. The average Bonchev–Trinajstić information content (AvgIpc) is 3.79. The molecule has 2 bridgehead atoms. The van der Waals surface area contributed by atoms with Crippen molar-refractivity contribution < 1.29 is 38.5 Å². The number of esters is 1. The van der Waals surface area contributed by atoms with Crippen molar-refractivity contribution in [3.8, 4) is 5.75 Å². The van der Waals surface area contributed by atoms with Gasteiger partial charge in [0.25, 0.3) is 5.91 Å². The fourth-order valence-corrected chi connectivity index (χ4v) is 8.10. The monoisotopic (exact) mass is 701 g/mol. The van der Waals surface area contributed by atoms with Crippen molar-refractivity contribution in [1.82, 2.24) is 9.80 Å². The first-order chi connectivity index (χ1) is 24.4. The molecule has 274 valence electrons. The summed E-state index contributed by atoms with van der Waals surface area (Å²) in [7, 11) is 3.24. The first-order valence-electron chi connectivity index (χ1n) is 17.7. The van der Waals surface area contributed by atoms with E-state index in [1.165, 1.54) is 4.90 Å². The van der Waals surface area contributed by atoms with Crippen molar-refractivity contribution in [3.05, 3.63) is 85.5 Å². The minimum Gasteiger partial charge on any atom is -0.497 e. The molecule has 3 fully saturated rings. The summed E-state index contributed by atoms with van der Waals surface area (Å²) in [6, 6.07) is 13.9. The molecule has 1 N–H and O–H groups in total. The molecule has 0 unspecified atom stereocenters. The molecule has 0 radical (unpaired) electrons. The van der Waals surface area contributed by atoms with Gasteiger partial charge in [0.15, 0.2) is 0 Å². The Morgan fingerprint density at radius 1 is 1.08 bits per heavy atom. The average molecular weight is 702 g/mol. The van der Waals surface area contributed by atoms with E-state index in [1.54, 1.807) is 60.4 Å². The lowest BCUT2D eigenvalue weighted by Crippen LogP contribution is -2.59. The number of aliphatic hydroxyl groups is 1. The van der Waals surface area contributed by atoms with Crippen LogP contribution in [-0.4, -0.2) is 95.7 Å². The molecule has 0 aliphatic carbocycles. The van der Waals surface area contributed by atoms with Crippen molar-refractivity contribution in [2.75, 3.05) is 32.2 Å². The molecule has 1 spiro atoms. The molecule has 0 saturated carbocycles. The highest BCUT2D eigenvalue weighted by atomic mass is 16.6. The number of aliphatic hydroxyl groups excluding tert-OH is 1. The smallest absolute Gasteiger partial charge is 0.313 e. The SMILES string of the molecule is C=CCCC(=O)N(C)[C@H](C)[C@H](OC(=O)[C@@H]1[C@H]2C(=O)N([C@@H](CO)C(C)C)[C@H](C(=O)N(CC=C)c3ccc(OC)cc3)[C@]23CC[C@H]1O3)c1ccccc1. The number of hydrogen-bond acceptors (Lipinski definition) is 8. The topological polar surface area (TPSA) is 126 Å². The van der Waals surface area contributed by atoms with Crippen LogP contribution in [0.2, 0.25) is 0 Å². The van der Waals surface area contributed by atoms with Crippen molar-refractivity contribution in [1.29, 1.82) is 0 Å². The summed E-state index contributed by atoms with van der Waals surface area (Å²) in [5.74, 6) is -3.13. The predicted molar refractivity (Wildman–Crippen MR) is 193 cm³/mol. The van der Waals surface area contributed by atoms with Gasteiger partial charge in [0.1, 0.15) is 23.5 Å². The summed E-state index contributed by atoms with van der Waals surface area (Å²) in [5.41, 5.74) is -0.0391. The molecule has 11 nitrogen and oxygen atoms in total. The van der Waals surface area contributed by atoms with Gasteiger partial charge in [0, 0.05) is 25.7 Å². The minimum atomic E-state index is -1.32. The lowest BCUT2D eigenvalue weighted by atomic mass is 9.70. The molecule has 11 heteroatoms. The van der Waals surface area contributed by atoms with Crippen LogP contribution in [0.15, 0.2) is 79.9 Å². The molecule has 0 aromatic heterocycles. The Hall–Kier alpha value is -4.48. The van der Waals surface area contributed by atoms with Crippen molar-refractivity contribution >= 4 is 29.4 Å². The number of likely N-dealkylation sites (N-methyl/N-ethyl adjacent to an activating group) is 1. The second-order valence-electron chi connectivity index (χ2n) is 14.1. The number of fused-ring (bicyclic) bond motifs is 1. The van der Waals surface area contributed by atoms with Crippen LogP contribution < -0.4 is 9.64 Å². The van der Waals surface area contributed by atoms with Gasteiger partial charge >= 0.3 is 5.97 Å². The zero-order chi connectivity index (χ0) is 37.0. The van der Waals surface area contributed by atoms with E-state index >= 15 is 0 Å². The number of carbonyl (C=O) groups excluding carboxylic acids is 4. The van der Waals surface area contributed by atoms with Crippen molar-refractivity contribution in [2.45, 2.75) is 82.4 Å². The Labute approximate surface area is 300 Å². The summed E-state index contributed by atoms with van der Waals surface area (Å²) >= 11 is 0. The van der Waals surface area contributed by atoms with E-state index in [0.717, 1.165) is 0 Å². The van der Waals surface area contributed by atoms with E-state index in [2.05, 4.69) is 13.2 Å². The second-order valence-corrected chi connectivity index (χ2v) is 14.1. The van der Waals surface area contributed by atoms with Crippen LogP contribution >= 0.6 is 0 Å². The maximum Gasteiger partial charge on any atom is 0.313 e. The van der Waals surface area contributed by atoms with Crippen LogP contribution in [0.1, 0.15) is 58.1 Å². The van der Waals surface area contributed by atoms with Crippen molar-refractivity contribution in [3.63, 3.8) is 0 Å². The van der Waals surface area contributed by atoms with Gasteiger partial charge in [-0.3, -0.25) is 19.2 Å². The van der Waals surface area contributed by atoms with Gasteiger partial charge in [0.05, 0.1) is 43.7 Å². The first-order valence-corrected chi connectivity index (χ1v) is 17.7. The van der Waals surface area contributed by atoms with Crippen LogP contribution in [0.25, 0.3) is 0 Å². The lowest BCUT2D eigenvalue weighted by Gasteiger charge is -2.40. The maximum atomic E-state index is 14.9. The Morgan fingerprint density at radius 3 is 2.35 bits per heavy atom. The number of carbonyl (C=O) groups is 4. The fourth-order valence-electron chi connectivity index (χ4n) is 8.10. The Morgan fingerprint density at radius 2 is 1.76 bits per heavy atom. The third-order valence-electron chi connectivity index (χ3n) is 10.9. The van der Waals surface area contributed by atoms with E-state index < -0.39 is 59.6 Å². The zero-order valence-corrected chi connectivity index (χ0v) is 30.3. The van der Waals surface area contributed by atoms with Gasteiger partial charge in [-0.15, -0.1) is 13.2 Å². The minimum absolute atomic E-state index is 0.116. The molecule has 3 heterocycles. The first kappa shape index (κ1) is 37.8. The predicted octanol–water partition coefficient (Wildman–Crippen LogP) is 4.70. The highest BCUT2D eigenvalue weighted by Gasteiger charge is 2.76. The number of methoxy groups -OCH3 is 1. The Balaban J connectivity index is 1.53. The molecule has 2 aromatic rings. The quantitative estimate of drug-likeness (QED) is 0.197. The van der Waals surface area contributed by atoms with E-state index in [4.69, 9.17) is 14.2 Å². The van der Waals surface area contributed by atoms with Crippen LogP contribution in [0.4, 0.5) is 5.69 Å². The van der Waals surface area contributed by atoms with E-state index in [-0.39, 0.29) is 37.3 Å². The number of allylic oxidation sites excluding steroid dienone is 1. The lowest BCUT2D eigenvalue weighted by molar-refractivity contribution is -0.165. The zero-order valence-electron chi connectivity index (χ0n) is 30.3. The standard InChI is InChI=1S/C40H51N3O8/c1-8-10-16-32(45)41(6)26(5)35(27-14-12-11-13-15-27)50-39(48)33-31-21-22-40(51-31)34(33)37(46)43(30(24-44)25(3)4)36(40)38(47)42(23-9-2)28-17-19-29(49-7)20-18-28/h8-9,11-15,17-20,25-26,30-31,33-36,44H,1-2,10,16,21-24H2,3-7H3/t26-,30+,31-,33+,34+,35+,36-,40+/m1/s1. The number of hydrogen-bond donors (Lipinski definition) is 1. The van der Waals surface area contributed by atoms with Gasteiger partial charge in [-0.25, -0.2) is 0 Å². The van der Waals surface area contributed by atoms with Crippen LogP contribution in [0, 0.1) is 17.8 Å². The number of rotatable bonds is 16. The molecular weight excluding hydrogens is 650 g/mol. The molecule has 5 rings (SSSR count). The maximum absolute atomic E-state index is 14.9. The molecule has 8 atom stereocenters. The van der Waals surface area contributed by atoms with Gasteiger partial charge in [0.2, 0.25) is 11.8 Å². The number of likely N-dealkylation sites (tertiary alicyclic amines) is 1. The van der Waals surface area contributed by atoms with Crippen LogP contribution in [0.5, 0.6) is 5.75 Å². The summed E-state index contributed by atoms with van der Waals surface area (Å²) in [6.07, 6.45) is 3.42. The third-order valence-corrected chi connectivity index (χ3v) is 10.9. The number of nitrogens with zero attached hydrogens (tertiary/aromatic N) is 3. The summed E-state index contributed by atoms with van der Waals surface area (Å²) in [4.78, 5) is 61.8. The Bertz CT molecular complexity index is 1600. The largest absolute Gasteiger partial charge is 0.497 e. The van der Waals surface area contributed by atoms with Gasteiger partial charge < -0.3 is 34.0 Å².